The molecule has 11 nitrogen and oxygen atoms in total. The van der Waals surface area contributed by atoms with E-state index in [-0.39, 0.29) is 12.2 Å². The van der Waals surface area contributed by atoms with Crippen molar-refractivity contribution in [2.75, 3.05) is 13.2 Å². The molecule has 0 bridgehead atoms. The van der Waals surface area contributed by atoms with E-state index in [2.05, 4.69) is 16.0 Å². The van der Waals surface area contributed by atoms with Gasteiger partial charge in [-0.25, -0.2) is 4.79 Å². The zero-order valence-corrected chi connectivity index (χ0v) is 16.8. The van der Waals surface area contributed by atoms with Crippen LogP contribution in [-0.2, 0) is 25.6 Å². The monoisotopic (exact) mass is 424 g/mol. The molecule has 3 amide bonds. The molecule has 1 rings (SSSR count). The molecule has 30 heavy (non-hydrogen) atoms. The van der Waals surface area contributed by atoms with Gasteiger partial charge in [-0.05, 0) is 30.0 Å². The van der Waals surface area contributed by atoms with Crippen LogP contribution in [-0.4, -0.2) is 70.3 Å². The van der Waals surface area contributed by atoms with Crippen molar-refractivity contribution < 1.29 is 34.5 Å². The number of aliphatic hydroxyl groups is 1. The number of nitrogens with one attached hydrogen (secondary N) is 3. The molecule has 0 fully saturated rings. The SMILES string of the molecule is CC(C)[C@H](NC(=O)[C@H](CO)NC(=O)CNC(=O)[C@@H](N)Cc1ccc(O)cc1)C(=O)O. The number of carboxylic acids is 1. The van der Waals surface area contributed by atoms with Crippen molar-refractivity contribution in [1.82, 2.24) is 16.0 Å². The maximum absolute atomic E-state index is 12.1. The summed E-state index contributed by atoms with van der Waals surface area (Å²) < 4.78 is 0. The second-order valence-corrected chi connectivity index (χ2v) is 7.07. The molecule has 11 heteroatoms. The van der Waals surface area contributed by atoms with Crippen LogP contribution < -0.4 is 21.7 Å². The zero-order valence-electron chi connectivity index (χ0n) is 16.8. The Hall–Kier alpha value is -3.18. The van der Waals surface area contributed by atoms with E-state index >= 15 is 0 Å². The lowest BCUT2D eigenvalue weighted by Gasteiger charge is -2.22. The number of aliphatic carboxylic acids is 1. The molecule has 0 aliphatic heterocycles. The molecule has 0 unspecified atom stereocenters. The van der Waals surface area contributed by atoms with Gasteiger partial charge in [0, 0.05) is 0 Å². The van der Waals surface area contributed by atoms with Crippen molar-refractivity contribution in [3.63, 3.8) is 0 Å². The largest absolute Gasteiger partial charge is 0.508 e. The number of amides is 3. The molecule has 166 valence electrons. The molecule has 0 aliphatic carbocycles. The Morgan fingerprint density at radius 2 is 1.63 bits per heavy atom. The van der Waals surface area contributed by atoms with Gasteiger partial charge in [0.05, 0.1) is 19.2 Å². The molecule has 0 spiro atoms. The minimum absolute atomic E-state index is 0.0824. The van der Waals surface area contributed by atoms with Crippen LogP contribution in [0.4, 0.5) is 0 Å². The third-order valence-corrected chi connectivity index (χ3v) is 4.22. The van der Waals surface area contributed by atoms with E-state index in [0.29, 0.717) is 0 Å². The van der Waals surface area contributed by atoms with Crippen LogP contribution in [0.5, 0.6) is 5.75 Å². The second kappa shape index (κ2) is 11.7. The molecular weight excluding hydrogens is 396 g/mol. The Bertz CT molecular complexity index is 752. The molecule has 1 aromatic carbocycles. The van der Waals surface area contributed by atoms with Crippen LogP contribution in [0.2, 0.25) is 0 Å². The number of hydrogen-bond donors (Lipinski definition) is 7. The summed E-state index contributed by atoms with van der Waals surface area (Å²) >= 11 is 0. The van der Waals surface area contributed by atoms with Crippen LogP contribution in [0.1, 0.15) is 19.4 Å². The first-order valence-corrected chi connectivity index (χ1v) is 9.29. The summed E-state index contributed by atoms with van der Waals surface area (Å²) in [4.78, 5) is 47.3. The van der Waals surface area contributed by atoms with E-state index in [4.69, 9.17) is 10.8 Å². The van der Waals surface area contributed by atoms with Crippen molar-refractivity contribution in [3.05, 3.63) is 29.8 Å². The summed E-state index contributed by atoms with van der Waals surface area (Å²) in [7, 11) is 0. The number of aliphatic hydroxyl groups excluding tert-OH is 1. The van der Waals surface area contributed by atoms with E-state index in [0.717, 1.165) is 5.56 Å². The van der Waals surface area contributed by atoms with Crippen LogP contribution in [0.3, 0.4) is 0 Å². The first-order chi connectivity index (χ1) is 14.0. The Labute approximate surface area is 173 Å². The summed E-state index contributed by atoms with van der Waals surface area (Å²) in [5.74, 6) is -3.78. The van der Waals surface area contributed by atoms with Gasteiger partial charge in [-0.15, -0.1) is 0 Å². The molecule has 0 saturated heterocycles. The lowest BCUT2D eigenvalue weighted by atomic mass is 10.0. The topological polar surface area (TPSA) is 191 Å². The van der Waals surface area contributed by atoms with E-state index in [9.17, 15) is 29.4 Å². The van der Waals surface area contributed by atoms with Crippen molar-refractivity contribution in [1.29, 1.82) is 0 Å². The number of benzene rings is 1. The van der Waals surface area contributed by atoms with Gasteiger partial charge in [0.25, 0.3) is 0 Å². The van der Waals surface area contributed by atoms with Gasteiger partial charge in [0.1, 0.15) is 17.8 Å². The van der Waals surface area contributed by atoms with Gasteiger partial charge in [-0.3, -0.25) is 14.4 Å². The number of nitrogens with two attached hydrogens (primary N) is 1. The molecule has 3 atom stereocenters. The third-order valence-electron chi connectivity index (χ3n) is 4.22. The summed E-state index contributed by atoms with van der Waals surface area (Å²) in [6.07, 6.45) is 0.182. The van der Waals surface area contributed by atoms with Gasteiger partial charge in [-0.2, -0.15) is 0 Å². The molecule has 0 aliphatic rings. The van der Waals surface area contributed by atoms with Gasteiger partial charge < -0.3 is 37.0 Å². The molecule has 1 aromatic rings. The van der Waals surface area contributed by atoms with Crippen LogP contribution in [0.25, 0.3) is 0 Å². The Morgan fingerprint density at radius 1 is 1.03 bits per heavy atom. The van der Waals surface area contributed by atoms with Crippen LogP contribution in [0, 0.1) is 5.92 Å². The molecule has 0 heterocycles. The highest BCUT2D eigenvalue weighted by molar-refractivity contribution is 5.92. The number of rotatable bonds is 11. The summed E-state index contributed by atoms with van der Waals surface area (Å²) in [5.41, 5.74) is 6.51. The minimum Gasteiger partial charge on any atom is -0.508 e. The van der Waals surface area contributed by atoms with E-state index in [1.54, 1.807) is 26.0 Å². The number of carboxylic acid groups (broad SMARTS) is 1. The highest BCUT2D eigenvalue weighted by atomic mass is 16.4. The average Bonchev–Trinajstić information content (AvgIpc) is 2.69. The first-order valence-electron chi connectivity index (χ1n) is 9.29. The van der Waals surface area contributed by atoms with Gasteiger partial charge in [0.15, 0.2) is 0 Å². The summed E-state index contributed by atoms with van der Waals surface area (Å²) in [6, 6.07) is 2.65. The molecule has 0 aromatic heterocycles. The molecule has 8 N–H and O–H groups in total. The lowest BCUT2D eigenvalue weighted by molar-refractivity contribution is -0.143. The fraction of sp³-hybridized carbons (Fsp3) is 0.474. The van der Waals surface area contributed by atoms with Crippen LogP contribution in [0.15, 0.2) is 24.3 Å². The Kier molecular flexibility index (Phi) is 9.72. The highest BCUT2D eigenvalue weighted by Gasteiger charge is 2.28. The maximum atomic E-state index is 12.1. The van der Waals surface area contributed by atoms with Gasteiger partial charge in [-0.1, -0.05) is 26.0 Å². The molecule has 0 saturated carbocycles. The molecular formula is C19H28N4O7. The van der Waals surface area contributed by atoms with Gasteiger partial charge in [0.2, 0.25) is 17.7 Å². The summed E-state index contributed by atoms with van der Waals surface area (Å²) in [6.45, 7) is 1.96. The number of carbonyl (C=O) groups excluding carboxylic acids is 3. The average molecular weight is 424 g/mol. The standard InChI is InChI=1S/C19H28N4O7/c1-10(2)16(19(29)30)23-18(28)14(9-24)22-15(26)8-21-17(27)13(20)7-11-3-5-12(25)6-4-11/h3-6,10,13-14,16,24-25H,7-9,20H2,1-2H3,(H,21,27)(H,22,26)(H,23,28)(H,29,30)/t13-,14-,16-/m0/s1. The van der Waals surface area contributed by atoms with E-state index in [1.165, 1.54) is 12.1 Å². The van der Waals surface area contributed by atoms with Gasteiger partial charge >= 0.3 is 5.97 Å². The first kappa shape index (κ1) is 24.9. The van der Waals surface area contributed by atoms with E-state index in [1.807, 2.05) is 0 Å². The smallest absolute Gasteiger partial charge is 0.326 e. The Morgan fingerprint density at radius 3 is 2.13 bits per heavy atom. The Balaban J connectivity index is 2.52. The predicted octanol–water partition coefficient (Wildman–Crippen LogP) is -1.92. The van der Waals surface area contributed by atoms with Crippen molar-refractivity contribution in [3.8, 4) is 5.75 Å². The van der Waals surface area contributed by atoms with Crippen LogP contribution >= 0.6 is 0 Å². The predicted molar refractivity (Wildman–Crippen MR) is 106 cm³/mol. The number of hydrogen-bond acceptors (Lipinski definition) is 7. The summed E-state index contributed by atoms with van der Waals surface area (Å²) in [5, 5.41) is 34.5. The van der Waals surface area contributed by atoms with Crippen molar-refractivity contribution in [2.45, 2.75) is 38.4 Å². The fourth-order valence-electron chi connectivity index (χ4n) is 2.48. The number of phenols is 1. The zero-order chi connectivity index (χ0) is 22.8. The minimum atomic E-state index is -1.37. The quantitative estimate of drug-likeness (QED) is 0.214. The second-order valence-electron chi connectivity index (χ2n) is 7.07. The third kappa shape index (κ3) is 8.05. The van der Waals surface area contributed by atoms with Crippen molar-refractivity contribution in [2.24, 2.45) is 11.7 Å². The van der Waals surface area contributed by atoms with Crippen molar-refractivity contribution >= 4 is 23.7 Å². The maximum Gasteiger partial charge on any atom is 0.326 e. The number of aromatic hydroxyl groups is 1. The fourth-order valence-corrected chi connectivity index (χ4v) is 2.48. The lowest BCUT2D eigenvalue weighted by Crippen LogP contribution is -2.56. The number of phenolic OH excluding ortho intramolecular Hbond substituents is 1. The normalized spacial score (nSPS) is 13.8. The molecule has 0 radical (unpaired) electrons. The number of carbonyl (C=O) groups is 4. The van der Waals surface area contributed by atoms with E-state index < -0.39 is 60.9 Å². The highest BCUT2D eigenvalue weighted by Crippen LogP contribution is 2.10.